The van der Waals surface area contributed by atoms with Gasteiger partial charge in [0.1, 0.15) is 11.5 Å². The molecule has 27 heavy (non-hydrogen) atoms. The van der Waals surface area contributed by atoms with E-state index in [0.29, 0.717) is 24.6 Å². The minimum atomic E-state index is -0.900. The second-order valence-electron chi connectivity index (χ2n) is 7.02. The second kappa shape index (κ2) is 7.86. The van der Waals surface area contributed by atoms with Crippen LogP contribution in [0.15, 0.2) is 43.0 Å². The van der Waals surface area contributed by atoms with Gasteiger partial charge in [-0.3, -0.25) is 9.59 Å². The summed E-state index contributed by atoms with van der Waals surface area (Å²) in [5.74, 6) is -0.988. The number of fused-ring (bicyclic) bond motifs is 2. The first-order valence-corrected chi connectivity index (χ1v) is 9.01. The Morgan fingerprint density at radius 3 is 2.52 bits per heavy atom. The summed E-state index contributed by atoms with van der Waals surface area (Å²) in [6.45, 7) is 4.39. The van der Waals surface area contributed by atoms with Gasteiger partial charge in [0.25, 0.3) is 0 Å². The largest absolute Gasteiger partial charge is 0.497 e. The molecule has 0 aliphatic heterocycles. The van der Waals surface area contributed by atoms with Gasteiger partial charge in [0, 0.05) is 18.7 Å². The van der Waals surface area contributed by atoms with E-state index in [9.17, 15) is 14.7 Å². The van der Waals surface area contributed by atoms with Gasteiger partial charge in [-0.15, -0.1) is 6.58 Å². The van der Waals surface area contributed by atoms with E-state index in [2.05, 4.69) is 6.58 Å². The van der Waals surface area contributed by atoms with Crippen molar-refractivity contribution in [3.63, 3.8) is 0 Å². The highest BCUT2D eigenvalue weighted by Gasteiger charge is 2.52. The summed E-state index contributed by atoms with van der Waals surface area (Å²) in [7, 11) is 3.16. The molecule has 6 heteroatoms. The van der Waals surface area contributed by atoms with Crippen LogP contribution in [0.4, 0.5) is 0 Å². The zero-order valence-electron chi connectivity index (χ0n) is 15.6. The van der Waals surface area contributed by atoms with Crippen LogP contribution >= 0.6 is 0 Å². The number of benzene rings is 1. The Morgan fingerprint density at radius 1 is 1.22 bits per heavy atom. The number of hydrogen-bond acceptors (Lipinski definition) is 4. The number of amides is 1. The molecule has 2 aliphatic carbocycles. The number of carboxylic acid groups (broad SMARTS) is 1. The van der Waals surface area contributed by atoms with Crippen molar-refractivity contribution >= 4 is 11.9 Å². The molecule has 1 fully saturated rings. The summed E-state index contributed by atoms with van der Waals surface area (Å²) in [5.41, 5.74) is 0.803. The van der Waals surface area contributed by atoms with Gasteiger partial charge < -0.3 is 19.5 Å². The fourth-order valence-corrected chi connectivity index (χ4v) is 4.31. The molecule has 1 N–H and O–H groups in total. The molecule has 4 unspecified atom stereocenters. The second-order valence-corrected chi connectivity index (χ2v) is 7.02. The normalized spacial score (nSPS) is 25.3. The number of carbonyl (C=O) groups excluding carboxylic acids is 1. The first kappa shape index (κ1) is 19.0. The van der Waals surface area contributed by atoms with Crippen LogP contribution in [0.2, 0.25) is 0 Å². The van der Waals surface area contributed by atoms with Crippen LogP contribution in [0.5, 0.6) is 11.5 Å². The first-order chi connectivity index (χ1) is 13.0. The highest BCUT2D eigenvalue weighted by molar-refractivity contribution is 5.87. The quantitative estimate of drug-likeness (QED) is 0.711. The standard InChI is InChI=1S/C21H25NO5/c1-4-9-22(12-15-11-16(26-2)7-8-17(15)27-3)20(23)18-13-5-6-14(10-13)19(18)21(24)25/h4-8,11,13-14,18-19H,1,9-10,12H2,2-3H3,(H,24,25). The number of rotatable bonds is 8. The minimum absolute atomic E-state index is 0.0110. The van der Waals surface area contributed by atoms with Gasteiger partial charge in [0.15, 0.2) is 0 Å². The van der Waals surface area contributed by atoms with Crippen LogP contribution in [0.3, 0.4) is 0 Å². The van der Waals surface area contributed by atoms with E-state index in [0.717, 1.165) is 12.0 Å². The van der Waals surface area contributed by atoms with Gasteiger partial charge >= 0.3 is 5.97 Å². The number of methoxy groups -OCH3 is 2. The fraction of sp³-hybridized carbons (Fsp3) is 0.429. The summed E-state index contributed by atoms with van der Waals surface area (Å²) in [4.78, 5) is 26.7. The Hall–Kier alpha value is -2.76. The predicted molar refractivity (Wildman–Crippen MR) is 101 cm³/mol. The molecule has 1 amide bonds. The summed E-state index contributed by atoms with van der Waals surface area (Å²) in [5, 5.41) is 9.65. The number of nitrogens with zero attached hydrogens (tertiary/aromatic N) is 1. The van der Waals surface area contributed by atoms with Crippen molar-refractivity contribution in [2.45, 2.75) is 13.0 Å². The average molecular weight is 371 g/mol. The molecule has 0 heterocycles. The molecule has 4 atom stereocenters. The summed E-state index contributed by atoms with van der Waals surface area (Å²) < 4.78 is 10.7. The van der Waals surface area contributed by atoms with Crippen LogP contribution in [0, 0.1) is 23.7 Å². The zero-order chi connectivity index (χ0) is 19.6. The molecule has 0 saturated heterocycles. The summed E-state index contributed by atoms with van der Waals surface area (Å²) >= 11 is 0. The maximum absolute atomic E-state index is 13.3. The minimum Gasteiger partial charge on any atom is -0.497 e. The van der Waals surface area contributed by atoms with Crippen LogP contribution < -0.4 is 9.47 Å². The van der Waals surface area contributed by atoms with Crippen molar-refractivity contribution in [1.29, 1.82) is 0 Å². The molecule has 0 aromatic heterocycles. The number of hydrogen-bond donors (Lipinski definition) is 1. The van der Waals surface area contributed by atoms with Crippen LogP contribution in [-0.4, -0.2) is 42.6 Å². The van der Waals surface area contributed by atoms with Gasteiger partial charge in [-0.05, 0) is 36.5 Å². The van der Waals surface area contributed by atoms with Crippen LogP contribution in [0.25, 0.3) is 0 Å². The molecule has 2 aliphatic rings. The van der Waals surface area contributed by atoms with E-state index in [-0.39, 0.29) is 17.7 Å². The van der Waals surface area contributed by atoms with Gasteiger partial charge in [0.05, 0.1) is 26.1 Å². The molecule has 144 valence electrons. The topological polar surface area (TPSA) is 76.1 Å². The molecule has 2 bridgehead atoms. The van der Waals surface area contributed by atoms with E-state index in [4.69, 9.17) is 9.47 Å². The Balaban J connectivity index is 1.88. The molecule has 1 aromatic rings. The smallest absolute Gasteiger partial charge is 0.307 e. The van der Waals surface area contributed by atoms with E-state index < -0.39 is 17.8 Å². The van der Waals surface area contributed by atoms with Gasteiger partial charge in [-0.25, -0.2) is 0 Å². The monoisotopic (exact) mass is 371 g/mol. The number of aliphatic carboxylic acids is 1. The van der Waals surface area contributed by atoms with Crippen molar-refractivity contribution in [2.75, 3.05) is 20.8 Å². The molecule has 3 rings (SSSR count). The number of carboxylic acids is 1. The van der Waals surface area contributed by atoms with Gasteiger partial charge in [0.2, 0.25) is 5.91 Å². The maximum atomic E-state index is 13.3. The Bertz CT molecular complexity index is 772. The third-order valence-electron chi connectivity index (χ3n) is 5.54. The molecular formula is C21H25NO5. The lowest BCUT2D eigenvalue weighted by Crippen LogP contribution is -2.42. The molecule has 1 saturated carbocycles. The maximum Gasteiger partial charge on any atom is 0.307 e. The zero-order valence-corrected chi connectivity index (χ0v) is 15.6. The molecule has 0 radical (unpaired) electrons. The average Bonchev–Trinajstić information content (AvgIpc) is 3.28. The van der Waals surface area contributed by atoms with E-state index in [1.165, 1.54) is 0 Å². The number of carbonyl (C=O) groups is 2. The summed E-state index contributed by atoms with van der Waals surface area (Å²) in [6.07, 6.45) is 6.32. The lowest BCUT2D eigenvalue weighted by molar-refractivity contribution is -0.151. The highest BCUT2D eigenvalue weighted by Crippen LogP contribution is 2.49. The lowest BCUT2D eigenvalue weighted by Gasteiger charge is -2.30. The van der Waals surface area contributed by atoms with Gasteiger partial charge in [-0.1, -0.05) is 18.2 Å². The van der Waals surface area contributed by atoms with Crippen molar-refractivity contribution < 1.29 is 24.2 Å². The van der Waals surface area contributed by atoms with Gasteiger partial charge in [-0.2, -0.15) is 0 Å². The van der Waals surface area contributed by atoms with E-state index in [1.54, 1.807) is 37.3 Å². The lowest BCUT2D eigenvalue weighted by atomic mass is 9.82. The van der Waals surface area contributed by atoms with Crippen molar-refractivity contribution in [2.24, 2.45) is 23.7 Å². The Labute approximate surface area is 159 Å². The third-order valence-corrected chi connectivity index (χ3v) is 5.54. The predicted octanol–water partition coefficient (Wildman–Crippen LogP) is 2.74. The summed E-state index contributed by atoms with van der Waals surface area (Å²) in [6, 6.07) is 5.42. The highest BCUT2D eigenvalue weighted by atomic mass is 16.5. The molecular weight excluding hydrogens is 346 g/mol. The SMILES string of the molecule is C=CCN(Cc1cc(OC)ccc1OC)C(=O)C1C2C=CC(C2)C1C(=O)O. The fourth-order valence-electron chi connectivity index (χ4n) is 4.31. The Kier molecular flexibility index (Phi) is 5.54. The van der Waals surface area contributed by atoms with Crippen LogP contribution in [0.1, 0.15) is 12.0 Å². The van der Waals surface area contributed by atoms with E-state index in [1.807, 2.05) is 18.2 Å². The van der Waals surface area contributed by atoms with Crippen molar-refractivity contribution in [3.8, 4) is 11.5 Å². The van der Waals surface area contributed by atoms with Crippen molar-refractivity contribution in [1.82, 2.24) is 4.90 Å². The third kappa shape index (κ3) is 3.56. The molecule has 0 spiro atoms. The Morgan fingerprint density at radius 2 is 1.93 bits per heavy atom. The number of allylic oxidation sites excluding steroid dienone is 2. The van der Waals surface area contributed by atoms with Crippen LogP contribution in [-0.2, 0) is 16.1 Å². The first-order valence-electron chi connectivity index (χ1n) is 9.01. The molecule has 1 aromatic carbocycles. The molecule has 6 nitrogen and oxygen atoms in total. The number of ether oxygens (including phenoxy) is 2. The van der Waals surface area contributed by atoms with Crippen molar-refractivity contribution in [3.05, 3.63) is 48.6 Å². The van der Waals surface area contributed by atoms with E-state index >= 15 is 0 Å².